The summed E-state index contributed by atoms with van der Waals surface area (Å²) in [6, 6.07) is 13.8. The highest BCUT2D eigenvalue weighted by atomic mass is 16.5. The van der Waals surface area contributed by atoms with E-state index in [1.54, 1.807) is 49.4 Å². The molecular formula is C20H18N2O4. The lowest BCUT2D eigenvalue weighted by atomic mass is 10.1. The van der Waals surface area contributed by atoms with Gasteiger partial charge in [-0.25, -0.2) is 4.79 Å². The molecule has 0 aliphatic carbocycles. The first-order valence-electron chi connectivity index (χ1n) is 8.07. The fraction of sp³-hybridized carbons (Fsp3) is 0.150. The molecule has 0 fully saturated rings. The van der Waals surface area contributed by atoms with Gasteiger partial charge in [-0.3, -0.25) is 9.59 Å². The molecule has 6 heteroatoms. The van der Waals surface area contributed by atoms with E-state index in [-0.39, 0.29) is 17.9 Å². The number of esters is 1. The molecule has 132 valence electrons. The van der Waals surface area contributed by atoms with Crippen molar-refractivity contribution in [2.75, 3.05) is 12.4 Å². The van der Waals surface area contributed by atoms with Crippen LogP contribution < -0.4 is 10.9 Å². The topological polar surface area (TPSA) is 88.3 Å². The lowest BCUT2D eigenvalue weighted by Gasteiger charge is -2.08. The summed E-state index contributed by atoms with van der Waals surface area (Å²) < 4.78 is 4.67. The lowest BCUT2D eigenvalue weighted by molar-refractivity contribution is -0.115. The van der Waals surface area contributed by atoms with Crippen molar-refractivity contribution in [2.45, 2.75) is 13.3 Å². The van der Waals surface area contributed by atoms with E-state index in [1.807, 2.05) is 6.07 Å². The van der Waals surface area contributed by atoms with Crippen LogP contribution in [0.15, 0.2) is 53.3 Å². The normalized spacial score (nSPS) is 10.5. The third kappa shape index (κ3) is 3.80. The number of rotatable bonds is 4. The molecule has 0 aliphatic rings. The van der Waals surface area contributed by atoms with Gasteiger partial charge < -0.3 is 15.0 Å². The van der Waals surface area contributed by atoms with Crippen LogP contribution in [0.2, 0.25) is 0 Å². The van der Waals surface area contributed by atoms with Gasteiger partial charge in [0, 0.05) is 16.8 Å². The number of amides is 1. The number of carbonyl (C=O) groups is 2. The van der Waals surface area contributed by atoms with E-state index >= 15 is 0 Å². The first kappa shape index (κ1) is 17.4. The molecule has 0 spiro atoms. The van der Waals surface area contributed by atoms with E-state index in [0.29, 0.717) is 16.8 Å². The molecule has 0 atom stereocenters. The first-order chi connectivity index (χ1) is 12.5. The average Bonchev–Trinajstić information content (AvgIpc) is 2.62. The zero-order valence-electron chi connectivity index (χ0n) is 14.5. The smallest absolute Gasteiger partial charge is 0.337 e. The highest BCUT2D eigenvalue weighted by molar-refractivity contribution is 5.95. The number of ether oxygens (including phenoxy) is 1. The number of hydrogen-bond donors (Lipinski definition) is 2. The van der Waals surface area contributed by atoms with E-state index in [1.165, 1.54) is 7.11 Å². The van der Waals surface area contributed by atoms with Gasteiger partial charge in [0.2, 0.25) is 5.91 Å². The second kappa shape index (κ2) is 7.23. The molecule has 6 nitrogen and oxygen atoms in total. The summed E-state index contributed by atoms with van der Waals surface area (Å²) >= 11 is 0. The number of anilines is 1. The fourth-order valence-electron chi connectivity index (χ4n) is 2.71. The largest absolute Gasteiger partial charge is 0.465 e. The Morgan fingerprint density at radius 2 is 1.92 bits per heavy atom. The van der Waals surface area contributed by atoms with Gasteiger partial charge in [0.05, 0.1) is 19.1 Å². The predicted molar refractivity (Wildman–Crippen MR) is 99.4 cm³/mol. The van der Waals surface area contributed by atoms with Crippen LogP contribution in [0.1, 0.15) is 21.5 Å². The van der Waals surface area contributed by atoms with Gasteiger partial charge in [-0.1, -0.05) is 12.1 Å². The molecule has 0 bridgehead atoms. The fourth-order valence-corrected chi connectivity index (χ4v) is 2.71. The van der Waals surface area contributed by atoms with Crippen molar-refractivity contribution in [2.24, 2.45) is 0 Å². The van der Waals surface area contributed by atoms with Gasteiger partial charge in [-0.15, -0.1) is 0 Å². The Balaban J connectivity index is 1.76. The average molecular weight is 350 g/mol. The van der Waals surface area contributed by atoms with E-state index in [2.05, 4.69) is 15.0 Å². The van der Waals surface area contributed by atoms with Crippen LogP contribution in [0, 0.1) is 6.92 Å². The number of carbonyl (C=O) groups excluding carboxylic acids is 2. The number of pyridine rings is 1. The van der Waals surface area contributed by atoms with Crippen LogP contribution in [0.25, 0.3) is 10.9 Å². The number of aromatic nitrogens is 1. The second-order valence-corrected chi connectivity index (χ2v) is 6.00. The molecule has 1 heterocycles. The molecule has 3 rings (SSSR count). The van der Waals surface area contributed by atoms with E-state index in [0.717, 1.165) is 16.5 Å². The van der Waals surface area contributed by atoms with Crippen molar-refractivity contribution in [3.05, 3.63) is 75.6 Å². The molecule has 3 aromatic rings. The van der Waals surface area contributed by atoms with Gasteiger partial charge in [0.1, 0.15) is 0 Å². The van der Waals surface area contributed by atoms with Gasteiger partial charge in [-0.2, -0.15) is 0 Å². The Morgan fingerprint density at radius 3 is 2.69 bits per heavy atom. The minimum atomic E-state index is -0.458. The minimum Gasteiger partial charge on any atom is -0.465 e. The summed E-state index contributed by atoms with van der Waals surface area (Å²) in [7, 11) is 1.31. The highest BCUT2D eigenvalue weighted by Gasteiger charge is 2.09. The van der Waals surface area contributed by atoms with Crippen molar-refractivity contribution >= 4 is 28.5 Å². The van der Waals surface area contributed by atoms with Crippen LogP contribution >= 0.6 is 0 Å². The number of hydrogen-bond acceptors (Lipinski definition) is 4. The van der Waals surface area contributed by atoms with Crippen LogP contribution in [0.5, 0.6) is 0 Å². The predicted octanol–water partition coefficient (Wildman–Crippen LogP) is 2.80. The molecular weight excluding hydrogens is 332 g/mol. The molecule has 0 unspecified atom stereocenters. The first-order valence-corrected chi connectivity index (χ1v) is 8.07. The Hall–Kier alpha value is -3.41. The number of H-pyrrole nitrogens is 1. The van der Waals surface area contributed by atoms with Gasteiger partial charge >= 0.3 is 5.97 Å². The third-order valence-electron chi connectivity index (χ3n) is 4.03. The monoisotopic (exact) mass is 350 g/mol. The van der Waals surface area contributed by atoms with Crippen LogP contribution in [0.4, 0.5) is 5.69 Å². The molecule has 2 aromatic carbocycles. The zero-order chi connectivity index (χ0) is 18.7. The molecule has 0 aliphatic heterocycles. The summed E-state index contributed by atoms with van der Waals surface area (Å²) in [6.45, 7) is 1.74. The van der Waals surface area contributed by atoms with Gasteiger partial charge in [0.25, 0.3) is 5.56 Å². The van der Waals surface area contributed by atoms with Crippen molar-refractivity contribution in [3.63, 3.8) is 0 Å². The zero-order valence-corrected chi connectivity index (χ0v) is 14.5. The number of methoxy groups -OCH3 is 1. The Bertz CT molecular complexity index is 1050. The summed E-state index contributed by atoms with van der Waals surface area (Å²) in [5.74, 6) is -0.660. The highest BCUT2D eigenvalue weighted by Crippen LogP contribution is 2.16. The molecule has 0 saturated carbocycles. The Labute approximate surface area is 149 Å². The Kier molecular flexibility index (Phi) is 4.84. The maximum absolute atomic E-state index is 12.3. The number of benzene rings is 2. The quantitative estimate of drug-likeness (QED) is 0.708. The van der Waals surface area contributed by atoms with Crippen LogP contribution in [0.3, 0.4) is 0 Å². The third-order valence-corrected chi connectivity index (χ3v) is 4.03. The lowest BCUT2D eigenvalue weighted by Crippen LogP contribution is -2.15. The van der Waals surface area contributed by atoms with E-state index < -0.39 is 5.97 Å². The van der Waals surface area contributed by atoms with E-state index in [4.69, 9.17) is 0 Å². The number of fused-ring (bicyclic) bond motifs is 1. The minimum absolute atomic E-state index is 0.117. The molecule has 26 heavy (non-hydrogen) atoms. The van der Waals surface area contributed by atoms with Crippen molar-refractivity contribution in [3.8, 4) is 0 Å². The van der Waals surface area contributed by atoms with Crippen LogP contribution in [-0.4, -0.2) is 24.0 Å². The summed E-state index contributed by atoms with van der Waals surface area (Å²) in [4.78, 5) is 38.3. The standard InChI is InChI=1S/C20H18N2O4/c1-12-8-15-9-13(6-7-17(15)22-19(12)24)10-18(23)21-16-5-3-4-14(11-16)20(25)26-2/h3-9,11H,10H2,1-2H3,(H,21,23)(H,22,24). The maximum Gasteiger partial charge on any atom is 0.337 e. The van der Waals surface area contributed by atoms with E-state index in [9.17, 15) is 14.4 Å². The number of nitrogens with one attached hydrogen (secondary N) is 2. The molecule has 0 saturated heterocycles. The molecule has 1 aromatic heterocycles. The maximum atomic E-state index is 12.3. The number of aryl methyl sites for hydroxylation is 1. The summed E-state index contributed by atoms with van der Waals surface area (Å²) in [6.07, 6.45) is 0.177. The Morgan fingerprint density at radius 1 is 1.12 bits per heavy atom. The van der Waals surface area contributed by atoms with Crippen molar-refractivity contribution in [1.82, 2.24) is 4.98 Å². The van der Waals surface area contributed by atoms with Gasteiger partial charge in [-0.05, 0) is 54.3 Å². The van der Waals surface area contributed by atoms with Crippen molar-refractivity contribution < 1.29 is 14.3 Å². The van der Waals surface area contributed by atoms with Crippen LogP contribution in [-0.2, 0) is 16.0 Å². The van der Waals surface area contributed by atoms with Crippen molar-refractivity contribution in [1.29, 1.82) is 0 Å². The van der Waals surface area contributed by atoms with Gasteiger partial charge in [0.15, 0.2) is 0 Å². The molecule has 1 amide bonds. The number of aromatic amines is 1. The summed E-state index contributed by atoms with van der Waals surface area (Å²) in [5, 5.41) is 3.65. The molecule has 2 N–H and O–H groups in total. The SMILES string of the molecule is COC(=O)c1cccc(NC(=O)Cc2ccc3[nH]c(=O)c(C)cc3c2)c1. The molecule has 0 radical (unpaired) electrons. The second-order valence-electron chi connectivity index (χ2n) is 6.00. The summed E-state index contributed by atoms with van der Waals surface area (Å²) in [5.41, 5.74) is 2.96.